The van der Waals surface area contributed by atoms with Gasteiger partial charge in [0.05, 0.1) is 6.20 Å². The molecule has 0 aliphatic rings. The summed E-state index contributed by atoms with van der Waals surface area (Å²) < 4.78 is 4.81. The molecule has 3 rings (SSSR count). The lowest BCUT2D eigenvalue weighted by molar-refractivity contribution is -0.121. The summed E-state index contributed by atoms with van der Waals surface area (Å²) in [6, 6.07) is 20.4. The first-order chi connectivity index (χ1) is 12.3. The van der Waals surface area contributed by atoms with Crippen molar-refractivity contribution in [1.29, 1.82) is 0 Å². The normalized spacial score (nSPS) is 10.8. The van der Waals surface area contributed by atoms with Crippen molar-refractivity contribution in [2.24, 2.45) is 0 Å². The molecule has 0 spiro atoms. The second-order valence-corrected chi connectivity index (χ2v) is 6.06. The molecule has 2 aromatic carbocycles. The van der Waals surface area contributed by atoms with Crippen molar-refractivity contribution in [3.8, 4) is 0 Å². The Bertz CT molecular complexity index is 716. The lowest BCUT2D eigenvalue weighted by atomic mass is 9.88. The van der Waals surface area contributed by atoms with Crippen molar-refractivity contribution in [1.82, 2.24) is 10.5 Å². The Morgan fingerprint density at radius 1 is 1.00 bits per heavy atom. The van der Waals surface area contributed by atoms with Crippen LogP contribution in [0.4, 0.5) is 0 Å². The van der Waals surface area contributed by atoms with Crippen molar-refractivity contribution in [2.45, 2.75) is 25.2 Å². The number of hydrogen-bond acceptors (Lipinski definition) is 3. The van der Waals surface area contributed by atoms with E-state index in [0.29, 0.717) is 13.0 Å². The van der Waals surface area contributed by atoms with Crippen LogP contribution in [-0.2, 0) is 11.2 Å². The van der Waals surface area contributed by atoms with Gasteiger partial charge in [-0.3, -0.25) is 4.79 Å². The van der Waals surface area contributed by atoms with E-state index in [9.17, 15) is 4.79 Å². The fourth-order valence-electron chi connectivity index (χ4n) is 2.93. The average molecular weight is 334 g/mol. The van der Waals surface area contributed by atoms with E-state index in [1.807, 2.05) is 36.4 Å². The Hall–Kier alpha value is -2.88. The molecule has 4 nitrogen and oxygen atoms in total. The van der Waals surface area contributed by atoms with Gasteiger partial charge in [-0.25, -0.2) is 0 Å². The van der Waals surface area contributed by atoms with E-state index in [1.165, 1.54) is 0 Å². The number of amides is 1. The average Bonchev–Trinajstić information content (AvgIpc) is 3.18. The zero-order valence-electron chi connectivity index (χ0n) is 14.1. The highest BCUT2D eigenvalue weighted by Gasteiger charge is 2.17. The fourth-order valence-corrected chi connectivity index (χ4v) is 2.93. The molecule has 0 bridgehead atoms. The summed E-state index contributed by atoms with van der Waals surface area (Å²) in [5.74, 6) is 0.142. The zero-order chi connectivity index (χ0) is 17.3. The molecule has 1 N–H and O–H groups in total. The van der Waals surface area contributed by atoms with Gasteiger partial charge in [0.1, 0.15) is 6.26 Å². The van der Waals surface area contributed by atoms with E-state index in [2.05, 4.69) is 34.7 Å². The third-order valence-electron chi connectivity index (χ3n) is 4.24. The Morgan fingerprint density at radius 2 is 1.64 bits per heavy atom. The Balaban J connectivity index is 1.57. The van der Waals surface area contributed by atoms with Gasteiger partial charge >= 0.3 is 0 Å². The van der Waals surface area contributed by atoms with Crippen LogP contribution in [0.15, 0.2) is 77.6 Å². The summed E-state index contributed by atoms with van der Waals surface area (Å²) in [4.78, 5) is 12.4. The molecule has 128 valence electrons. The minimum Gasteiger partial charge on any atom is -0.364 e. The molecule has 1 amide bonds. The van der Waals surface area contributed by atoms with Gasteiger partial charge in [-0.05, 0) is 24.0 Å². The quantitative estimate of drug-likeness (QED) is 0.635. The molecule has 0 aliphatic carbocycles. The summed E-state index contributed by atoms with van der Waals surface area (Å²) in [6.07, 6.45) is 5.52. The van der Waals surface area contributed by atoms with E-state index in [4.69, 9.17) is 4.52 Å². The van der Waals surface area contributed by atoms with Gasteiger partial charge in [0.2, 0.25) is 5.91 Å². The lowest BCUT2D eigenvalue weighted by Crippen LogP contribution is -2.26. The Labute approximate surface area is 147 Å². The summed E-state index contributed by atoms with van der Waals surface area (Å²) in [6.45, 7) is 0.653. The predicted octanol–water partition coefficient (Wildman–Crippen LogP) is 3.95. The van der Waals surface area contributed by atoms with Crippen LogP contribution in [0.1, 0.15) is 35.4 Å². The molecule has 0 atom stereocenters. The van der Waals surface area contributed by atoms with Crippen LogP contribution in [-0.4, -0.2) is 17.6 Å². The molecule has 0 unspecified atom stereocenters. The SMILES string of the molecule is O=C(CC(c1ccccc1)c1ccccc1)NCCCc1cnoc1. The second-order valence-electron chi connectivity index (χ2n) is 6.06. The largest absolute Gasteiger partial charge is 0.364 e. The highest BCUT2D eigenvalue weighted by Crippen LogP contribution is 2.27. The first-order valence-corrected chi connectivity index (χ1v) is 8.58. The van der Waals surface area contributed by atoms with Crippen molar-refractivity contribution < 1.29 is 9.32 Å². The molecule has 0 saturated heterocycles. The topological polar surface area (TPSA) is 55.1 Å². The third-order valence-corrected chi connectivity index (χ3v) is 4.24. The number of nitrogens with one attached hydrogen (secondary N) is 1. The molecule has 0 radical (unpaired) electrons. The van der Waals surface area contributed by atoms with Crippen molar-refractivity contribution >= 4 is 5.91 Å². The monoisotopic (exact) mass is 334 g/mol. The number of carbonyl (C=O) groups is 1. The molecular formula is C21H22N2O2. The van der Waals surface area contributed by atoms with Crippen LogP contribution >= 0.6 is 0 Å². The molecule has 3 aromatic rings. The zero-order valence-corrected chi connectivity index (χ0v) is 14.1. The van der Waals surface area contributed by atoms with E-state index < -0.39 is 0 Å². The maximum absolute atomic E-state index is 12.4. The molecule has 0 aliphatic heterocycles. The van der Waals surface area contributed by atoms with Crippen LogP contribution in [0.2, 0.25) is 0 Å². The maximum atomic E-state index is 12.4. The van der Waals surface area contributed by atoms with Gasteiger partial charge in [0.25, 0.3) is 0 Å². The van der Waals surface area contributed by atoms with Crippen molar-refractivity contribution in [2.75, 3.05) is 6.54 Å². The number of aryl methyl sites for hydroxylation is 1. The smallest absolute Gasteiger partial charge is 0.220 e. The minimum absolute atomic E-state index is 0.0699. The number of aromatic nitrogens is 1. The standard InChI is InChI=1S/C21H22N2O2/c24-21(22-13-7-8-17-15-23-25-16-17)14-20(18-9-3-1-4-10-18)19-11-5-2-6-12-19/h1-6,9-12,15-16,20H,7-8,13-14H2,(H,22,24). The summed E-state index contributed by atoms with van der Waals surface area (Å²) >= 11 is 0. The summed E-state index contributed by atoms with van der Waals surface area (Å²) in [5.41, 5.74) is 3.38. The van der Waals surface area contributed by atoms with Gasteiger partial charge in [-0.15, -0.1) is 0 Å². The molecular weight excluding hydrogens is 312 g/mol. The molecule has 0 fully saturated rings. The fraction of sp³-hybridized carbons (Fsp3) is 0.238. The molecule has 4 heteroatoms. The van der Waals surface area contributed by atoms with Gasteiger partial charge in [-0.1, -0.05) is 65.8 Å². The Morgan fingerprint density at radius 3 is 2.20 bits per heavy atom. The number of nitrogens with zero attached hydrogens (tertiary/aromatic N) is 1. The summed E-state index contributed by atoms with van der Waals surface area (Å²) in [7, 11) is 0. The van der Waals surface area contributed by atoms with E-state index in [0.717, 1.165) is 29.5 Å². The van der Waals surface area contributed by atoms with Crippen LogP contribution < -0.4 is 5.32 Å². The van der Waals surface area contributed by atoms with Crippen LogP contribution in [0.5, 0.6) is 0 Å². The van der Waals surface area contributed by atoms with Gasteiger partial charge < -0.3 is 9.84 Å². The van der Waals surface area contributed by atoms with E-state index in [-0.39, 0.29) is 11.8 Å². The number of rotatable bonds is 8. The van der Waals surface area contributed by atoms with Crippen LogP contribution in [0.25, 0.3) is 0 Å². The van der Waals surface area contributed by atoms with Crippen LogP contribution in [0, 0.1) is 0 Å². The summed E-state index contributed by atoms with van der Waals surface area (Å²) in [5, 5.41) is 6.71. The highest BCUT2D eigenvalue weighted by molar-refractivity contribution is 5.77. The van der Waals surface area contributed by atoms with Crippen LogP contribution in [0.3, 0.4) is 0 Å². The lowest BCUT2D eigenvalue weighted by Gasteiger charge is -2.18. The molecule has 0 saturated carbocycles. The van der Waals surface area contributed by atoms with E-state index in [1.54, 1.807) is 12.5 Å². The first kappa shape index (κ1) is 17.0. The number of hydrogen-bond donors (Lipinski definition) is 1. The van der Waals surface area contributed by atoms with Crippen molar-refractivity contribution in [3.05, 3.63) is 89.8 Å². The highest BCUT2D eigenvalue weighted by atomic mass is 16.5. The molecule has 1 heterocycles. The minimum atomic E-state index is 0.0699. The van der Waals surface area contributed by atoms with Gasteiger partial charge in [-0.2, -0.15) is 0 Å². The second kappa shape index (κ2) is 8.83. The van der Waals surface area contributed by atoms with Gasteiger partial charge in [0.15, 0.2) is 0 Å². The van der Waals surface area contributed by atoms with Gasteiger partial charge in [0, 0.05) is 24.4 Å². The third kappa shape index (κ3) is 5.05. The van der Waals surface area contributed by atoms with Crippen molar-refractivity contribution in [3.63, 3.8) is 0 Å². The predicted molar refractivity (Wildman–Crippen MR) is 97.2 cm³/mol. The van der Waals surface area contributed by atoms with E-state index >= 15 is 0 Å². The maximum Gasteiger partial charge on any atom is 0.220 e. The number of benzene rings is 2. The Kier molecular flexibility index (Phi) is 5.99. The molecule has 1 aromatic heterocycles. The first-order valence-electron chi connectivity index (χ1n) is 8.58. The number of carbonyl (C=O) groups excluding carboxylic acids is 1. The molecule has 25 heavy (non-hydrogen) atoms.